The molecule has 0 unspecified atom stereocenters. The second kappa shape index (κ2) is 8.60. The van der Waals surface area contributed by atoms with E-state index >= 15 is 0 Å². The fourth-order valence-electron chi connectivity index (χ4n) is 5.68. The molecule has 0 aromatic heterocycles. The average molecular weight is 467 g/mol. The predicted octanol–water partition coefficient (Wildman–Crippen LogP) is 3.67. The number of likely N-dealkylation sites (tertiary alicyclic amines) is 1. The molecule has 0 spiro atoms. The van der Waals surface area contributed by atoms with Crippen LogP contribution < -0.4 is 10.1 Å². The van der Waals surface area contributed by atoms with Crippen LogP contribution in [0.15, 0.2) is 42.5 Å². The first-order valence-electron chi connectivity index (χ1n) is 11.7. The number of carbonyl (C=O) groups excluding carboxylic acids is 1. The molecule has 3 aliphatic rings. The molecule has 0 saturated carbocycles. The van der Waals surface area contributed by atoms with E-state index in [4.69, 9.17) is 9.47 Å². The molecule has 1 amide bonds. The maximum Gasteiger partial charge on any atom is 0.337 e. The van der Waals surface area contributed by atoms with Crippen LogP contribution in [-0.2, 0) is 9.53 Å². The van der Waals surface area contributed by atoms with Gasteiger partial charge in [0, 0.05) is 30.6 Å². The van der Waals surface area contributed by atoms with Crippen molar-refractivity contribution < 1.29 is 29.3 Å². The maximum absolute atomic E-state index is 12.7. The van der Waals surface area contributed by atoms with Crippen molar-refractivity contribution in [1.82, 2.24) is 4.90 Å². The molecule has 5 rings (SSSR count). The van der Waals surface area contributed by atoms with Crippen LogP contribution >= 0.6 is 0 Å². The molecule has 180 valence electrons. The van der Waals surface area contributed by atoms with E-state index in [0.717, 1.165) is 31.5 Å². The lowest BCUT2D eigenvalue weighted by molar-refractivity contribution is -0.187. The number of nitrogens with zero attached hydrogens (tertiary/aromatic N) is 1. The third-order valence-corrected chi connectivity index (χ3v) is 7.36. The molecule has 0 bridgehead atoms. The number of ether oxygens (including phenoxy) is 2. The largest absolute Gasteiger partial charge is 0.508 e. The minimum atomic E-state index is -1.07. The Morgan fingerprint density at radius 1 is 1.21 bits per heavy atom. The van der Waals surface area contributed by atoms with Crippen molar-refractivity contribution >= 4 is 17.6 Å². The van der Waals surface area contributed by atoms with Crippen LogP contribution in [0, 0.1) is 11.8 Å². The lowest BCUT2D eigenvalue weighted by Crippen LogP contribution is -2.55. The highest BCUT2D eigenvalue weighted by Crippen LogP contribution is 2.53. The lowest BCUT2D eigenvalue weighted by Gasteiger charge is -2.53. The van der Waals surface area contributed by atoms with E-state index < -0.39 is 11.6 Å². The van der Waals surface area contributed by atoms with Crippen molar-refractivity contribution in [1.29, 1.82) is 0 Å². The van der Waals surface area contributed by atoms with Crippen LogP contribution in [-0.4, -0.2) is 58.3 Å². The minimum absolute atomic E-state index is 0.0782. The predicted molar refractivity (Wildman–Crippen MR) is 125 cm³/mol. The van der Waals surface area contributed by atoms with Crippen LogP contribution in [0.1, 0.15) is 48.7 Å². The molecule has 34 heavy (non-hydrogen) atoms. The Morgan fingerprint density at radius 2 is 2.00 bits per heavy atom. The van der Waals surface area contributed by atoms with Gasteiger partial charge in [-0.1, -0.05) is 12.1 Å². The van der Waals surface area contributed by atoms with Gasteiger partial charge in [0.25, 0.3) is 0 Å². The Morgan fingerprint density at radius 3 is 2.79 bits per heavy atom. The number of hydrogen-bond donors (Lipinski definition) is 3. The Kier molecular flexibility index (Phi) is 5.73. The van der Waals surface area contributed by atoms with E-state index in [0.29, 0.717) is 11.4 Å². The lowest BCUT2D eigenvalue weighted by atomic mass is 9.70. The summed E-state index contributed by atoms with van der Waals surface area (Å²) in [6, 6.07) is 11.7. The van der Waals surface area contributed by atoms with Crippen LogP contribution in [0.25, 0.3) is 0 Å². The van der Waals surface area contributed by atoms with Gasteiger partial charge in [-0.25, -0.2) is 4.79 Å². The van der Waals surface area contributed by atoms with Gasteiger partial charge in [0.1, 0.15) is 17.1 Å². The van der Waals surface area contributed by atoms with Gasteiger partial charge in [-0.3, -0.25) is 9.69 Å². The number of phenols is 1. The number of aromatic carboxylic acids is 1. The number of carbonyl (C=O) groups is 2. The first-order chi connectivity index (χ1) is 16.2. The van der Waals surface area contributed by atoms with Crippen molar-refractivity contribution in [2.24, 2.45) is 11.8 Å². The van der Waals surface area contributed by atoms with Crippen LogP contribution in [0.4, 0.5) is 5.69 Å². The molecule has 8 nitrogen and oxygen atoms in total. The van der Waals surface area contributed by atoms with Gasteiger partial charge in [-0.15, -0.1) is 0 Å². The van der Waals surface area contributed by atoms with Gasteiger partial charge in [-0.05, 0) is 56.9 Å². The number of rotatable bonds is 4. The molecule has 2 aromatic carbocycles. The molecule has 2 saturated heterocycles. The average Bonchev–Trinajstić information content (AvgIpc) is 2.78. The minimum Gasteiger partial charge on any atom is -0.508 e. The molecule has 3 aliphatic heterocycles. The molecule has 4 atom stereocenters. The quantitative estimate of drug-likeness (QED) is 0.631. The summed E-state index contributed by atoms with van der Waals surface area (Å²) in [7, 11) is 0. The Balaban J connectivity index is 1.26. The zero-order valence-corrected chi connectivity index (χ0v) is 19.4. The number of fused-ring (bicyclic) bond motifs is 4. The van der Waals surface area contributed by atoms with Gasteiger partial charge in [0.15, 0.2) is 0 Å². The highest BCUT2D eigenvalue weighted by Gasteiger charge is 2.51. The van der Waals surface area contributed by atoms with Gasteiger partial charge >= 0.3 is 5.97 Å². The number of anilines is 1. The summed E-state index contributed by atoms with van der Waals surface area (Å²) >= 11 is 0. The van der Waals surface area contributed by atoms with Gasteiger partial charge in [0.2, 0.25) is 5.91 Å². The first kappa shape index (κ1) is 22.7. The normalized spacial score (nSPS) is 27.5. The van der Waals surface area contributed by atoms with E-state index in [-0.39, 0.29) is 47.8 Å². The number of benzene rings is 2. The van der Waals surface area contributed by atoms with E-state index in [1.54, 1.807) is 30.3 Å². The second-order valence-corrected chi connectivity index (χ2v) is 10.0. The third kappa shape index (κ3) is 4.23. The summed E-state index contributed by atoms with van der Waals surface area (Å²) in [5.41, 5.74) is 0.926. The molecule has 3 N–H and O–H groups in total. The Labute approximate surface area is 198 Å². The SMILES string of the molecule is CC1(C)Oc2cc(O)ccc2[C@H]2O[C@H]3CCN(CC(=O)Nc4ccccc4C(=O)O)C[C@@H]3C[C@@H]21. The highest BCUT2D eigenvalue weighted by molar-refractivity contribution is 6.01. The molecule has 8 heteroatoms. The second-order valence-electron chi connectivity index (χ2n) is 10.0. The number of carboxylic acid groups (broad SMARTS) is 1. The van der Waals surface area contributed by atoms with Crippen molar-refractivity contribution in [3.63, 3.8) is 0 Å². The number of para-hydroxylation sites is 1. The molecule has 2 aromatic rings. The molecule has 3 heterocycles. The number of piperidine rings is 1. The Bertz CT molecular complexity index is 1120. The topological polar surface area (TPSA) is 108 Å². The summed E-state index contributed by atoms with van der Waals surface area (Å²) in [6.07, 6.45) is 1.76. The van der Waals surface area contributed by atoms with Gasteiger partial charge < -0.3 is 25.0 Å². The summed E-state index contributed by atoms with van der Waals surface area (Å²) in [5.74, 6) is -0.00565. The third-order valence-electron chi connectivity index (χ3n) is 7.36. The van der Waals surface area contributed by atoms with E-state index in [1.807, 2.05) is 6.07 Å². The smallest absolute Gasteiger partial charge is 0.337 e. The summed E-state index contributed by atoms with van der Waals surface area (Å²) in [6.45, 7) is 5.80. The van der Waals surface area contributed by atoms with Crippen molar-refractivity contribution in [2.75, 3.05) is 25.0 Å². The van der Waals surface area contributed by atoms with Gasteiger partial charge in [-0.2, -0.15) is 0 Å². The van der Waals surface area contributed by atoms with Crippen LogP contribution in [0.2, 0.25) is 0 Å². The fourth-order valence-corrected chi connectivity index (χ4v) is 5.68. The zero-order chi connectivity index (χ0) is 24.0. The molecule has 2 fully saturated rings. The number of hydrogen-bond acceptors (Lipinski definition) is 6. The summed E-state index contributed by atoms with van der Waals surface area (Å²) in [5, 5.41) is 22.0. The van der Waals surface area contributed by atoms with Gasteiger partial charge in [0.05, 0.1) is 30.0 Å². The van der Waals surface area contributed by atoms with Crippen molar-refractivity contribution in [3.05, 3.63) is 53.6 Å². The molecular weight excluding hydrogens is 436 g/mol. The van der Waals surface area contributed by atoms with Crippen LogP contribution in [0.3, 0.4) is 0 Å². The number of nitrogens with one attached hydrogen (secondary N) is 1. The maximum atomic E-state index is 12.7. The number of amides is 1. The number of aromatic hydroxyl groups is 1. The molecule has 0 radical (unpaired) electrons. The van der Waals surface area contributed by atoms with E-state index in [2.05, 4.69) is 24.1 Å². The van der Waals surface area contributed by atoms with Crippen molar-refractivity contribution in [3.8, 4) is 11.5 Å². The highest BCUT2D eigenvalue weighted by atomic mass is 16.5. The number of carboxylic acids is 1. The molecule has 0 aliphatic carbocycles. The molecular formula is C26H30N2O6. The van der Waals surface area contributed by atoms with E-state index in [1.165, 1.54) is 6.07 Å². The monoisotopic (exact) mass is 466 g/mol. The summed E-state index contributed by atoms with van der Waals surface area (Å²) < 4.78 is 12.9. The zero-order valence-electron chi connectivity index (χ0n) is 19.4. The fraction of sp³-hybridized carbons (Fsp3) is 0.462. The first-order valence-corrected chi connectivity index (χ1v) is 11.7. The Hall–Kier alpha value is -3.10. The van der Waals surface area contributed by atoms with Crippen LogP contribution in [0.5, 0.6) is 11.5 Å². The standard InChI is InChI=1S/C26H30N2O6/c1-26(2)19-11-15-13-28(14-23(30)27-20-6-4-3-5-17(20)25(31)32)10-9-21(15)33-24(19)18-8-7-16(29)12-22(18)34-26/h3-8,12,15,19,21,24,29H,9-11,13-14H2,1-2H3,(H,27,30)(H,31,32)/t15-,19-,21-,24+/m0/s1. The number of phenolic OH excluding ortho intramolecular Hbond substituents is 1. The van der Waals surface area contributed by atoms with E-state index in [9.17, 15) is 19.8 Å². The van der Waals surface area contributed by atoms with Crippen molar-refractivity contribution in [2.45, 2.75) is 44.5 Å². The summed E-state index contributed by atoms with van der Waals surface area (Å²) in [4.78, 5) is 26.2.